The molecule has 0 N–H and O–H groups in total. The fourth-order valence-electron chi connectivity index (χ4n) is 2.75. The lowest BCUT2D eigenvalue weighted by atomic mass is 10.1. The van der Waals surface area contributed by atoms with Crippen LogP contribution < -0.4 is 0 Å². The molecule has 0 fully saturated rings. The quantitative estimate of drug-likeness (QED) is 0.198. The van der Waals surface area contributed by atoms with Crippen LogP contribution >= 0.6 is 23.5 Å². The van der Waals surface area contributed by atoms with E-state index < -0.39 is 0 Å². The molecular weight excluding hydrogens is 368 g/mol. The summed E-state index contributed by atoms with van der Waals surface area (Å²) in [6.07, 6.45) is 3.19. The van der Waals surface area contributed by atoms with Crippen LogP contribution in [0.2, 0.25) is 0 Å². The minimum Gasteiger partial charge on any atom is -0.381 e. The molecule has 0 aliphatic carbocycles. The lowest BCUT2D eigenvalue weighted by Crippen LogP contribution is -2.05. The zero-order chi connectivity index (χ0) is 18.6. The second-order valence-corrected chi connectivity index (χ2v) is 9.13. The highest BCUT2D eigenvalue weighted by atomic mass is 32.2. The van der Waals surface area contributed by atoms with Gasteiger partial charge in [0.2, 0.25) is 0 Å². The van der Waals surface area contributed by atoms with Crippen molar-refractivity contribution in [2.24, 2.45) is 0 Å². The van der Waals surface area contributed by atoms with Gasteiger partial charge in [0.05, 0.1) is 4.58 Å². The first-order valence-electron chi connectivity index (χ1n) is 9.45. The highest BCUT2D eigenvalue weighted by molar-refractivity contribution is 8.17. The first-order chi connectivity index (χ1) is 13.4. The van der Waals surface area contributed by atoms with Crippen molar-refractivity contribution >= 4 is 23.5 Å². The van der Waals surface area contributed by atoms with E-state index in [-0.39, 0.29) is 0 Å². The summed E-state index contributed by atoms with van der Waals surface area (Å²) in [4.78, 5) is 2.63. The van der Waals surface area contributed by atoms with Gasteiger partial charge in [-0.1, -0.05) is 66.7 Å². The van der Waals surface area contributed by atoms with Gasteiger partial charge >= 0.3 is 0 Å². The number of hydrogen-bond acceptors (Lipinski definition) is 3. The van der Waals surface area contributed by atoms with Crippen LogP contribution in [-0.4, -0.2) is 17.8 Å². The average molecular weight is 395 g/mol. The van der Waals surface area contributed by atoms with E-state index in [2.05, 4.69) is 91.0 Å². The minimum absolute atomic E-state index is 0.448. The fraction of sp³-hybridized carbons (Fsp3) is 0.250. The van der Waals surface area contributed by atoms with E-state index in [1.165, 1.54) is 15.4 Å². The molecule has 3 heteroatoms. The number of ether oxygens (including phenoxy) is 1. The normalized spacial score (nSPS) is 11.0. The first kappa shape index (κ1) is 20.1. The molecule has 0 radical (unpaired) electrons. The molecule has 0 saturated carbocycles. The van der Waals surface area contributed by atoms with Crippen molar-refractivity contribution in [2.45, 2.75) is 33.6 Å². The average Bonchev–Trinajstić information content (AvgIpc) is 2.73. The molecule has 0 unspecified atom stereocenters. The van der Waals surface area contributed by atoms with Crippen LogP contribution in [0.3, 0.4) is 0 Å². The molecule has 3 aromatic carbocycles. The van der Waals surface area contributed by atoms with Crippen LogP contribution in [0.4, 0.5) is 0 Å². The molecule has 0 amide bonds. The van der Waals surface area contributed by atoms with Gasteiger partial charge in [-0.05, 0) is 49.1 Å². The van der Waals surface area contributed by atoms with E-state index in [1.54, 1.807) is 0 Å². The van der Waals surface area contributed by atoms with Gasteiger partial charge in [0.25, 0.3) is 0 Å². The molecule has 0 aliphatic rings. The summed E-state index contributed by atoms with van der Waals surface area (Å²) in [7, 11) is 0. The third kappa shape index (κ3) is 7.84. The van der Waals surface area contributed by atoms with Crippen LogP contribution in [-0.2, 0) is 11.2 Å². The van der Waals surface area contributed by atoms with Gasteiger partial charge < -0.3 is 4.74 Å². The number of rotatable bonds is 11. The lowest BCUT2D eigenvalue weighted by molar-refractivity contribution is 0.132. The Labute approximate surface area is 171 Å². The van der Waals surface area contributed by atoms with E-state index in [1.807, 2.05) is 23.5 Å². The van der Waals surface area contributed by atoms with E-state index in [0.717, 1.165) is 32.5 Å². The van der Waals surface area contributed by atoms with Gasteiger partial charge in [0.15, 0.2) is 0 Å². The summed E-state index contributed by atoms with van der Waals surface area (Å²) in [6.45, 7) is 1.63. The Balaban J connectivity index is 1.43. The lowest BCUT2D eigenvalue weighted by Gasteiger charge is -2.16. The second kappa shape index (κ2) is 11.9. The van der Waals surface area contributed by atoms with Gasteiger partial charge in [-0.15, -0.1) is 23.5 Å². The number of benzene rings is 3. The summed E-state index contributed by atoms with van der Waals surface area (Å²) in [5.41, 5.74) is 1.39. The van der Waals surface area contributed by atoms with Crippen molar-refractivity contribution in [3.63, 3.8) is 0 Å². The zero-order valence-corrected chi connectivity index (χ0v) is 17.1. The monoisotopic (exact) mass is 394 g/mol. The molecule has 0 saturated heterocycles. The number of thioether (sulfide) groups is 2. The first-order valence-corrected chi connectivity index (χ1v) is 11.2. The van der Waals surface area contributed by atoms with E-state index in [4.69, 9.17) is 4.74 Å². The van der Waals surface area contributed by atoms with Gasteiger partial charge in [-0.25, -0.2) is 0 Å². The molecule has 0 aliphatic heterocycles. The van der Waals surface area contributed by atoms with Crippen LogP contribution in [0.1, 0.15) is 18.4 Å². The van der Waals surface area contributed by atoms with Crippen molar-refractivity contribution in [1.82, 2.24) is 0 Å². The smallest absolute Gasteiger partial charge is 0.0618 e. The Morgan fingerprint density at radius 2 is 1.15 bits per heavy atom. The molecule has 27 heavy (non-hydrogen) atoms. The van der Waals surface area contributed by atoms with E-state index in [9.17, 15) is 0 Å². The van der Waals surface area contributed by atoms with Gasteiger partial charge in [-0.2, -0.15) is 0 Å². The molecule has 1 nitrogen and oxygen atoms in total. The van der Waals surface area contributed by atoms with Gasteiger partial charge in [0, 0.05) is 23.0 Å². The second-order valence-electron chi connectivity index (χ2n) is 6.28. The molecule has 0 aromatic heterocycles. The highest BCUT2D eigenvalue weighted by Crippen LogP contribution is 2.37. The van der Waals surface area contributed by atoms with E-state index >= 15 is 0 Å². The summed E-state index contributed by atoms with van der Waals surface area (Å²) < 4.78 is 6.38. The number of aryl methyl sites for hydroxylation is 1. The zero-order valence-electron chi connectivity index (χ0n) is 15.5. The highest BCUT2D eigenvalue weighted by Gasteiger charge is 2.12. The van der Waals surface area contributed by atoms with Crippen molar-refractivity contribution in [3.8, 4) is 0 Å². The molecule has 0 bridgehead atoms. The van der Waals surface area contributed by atoms with Crippen molar-refractivity contribution < 1.29 is 4.74 Å². The third-order valence-corrected chi connectivity index (χ3v) is 6.78. The predicted molar refractivity (Wildman–Crippen MR) is 119 cm³/mol. The maximum Gasteiger partial charge on any atom is 0.0618 e. The standard InChI is InChI=1S/C24H26OS2/c1-4-11-21(12-5-1)13-10-19-25-20-18-24(26-22-14-6-2-7-15-22)27-23-16-8-3-9-17-23/h1-9,11-12,14-17,24H,10,13,18-20H2. The third-order valence-electron chi connectivity index (χ3n) is 4.12. The molecular formula is C24H26OS2. The summed E-state index contributed by atoms with van der Waals surface area (Å²) >= 11 is 3.85. The Morgan fingerprint density at radius 1 is 0.630 bits per heavy atom. The summed E-state index contributed by atoms with van der Waals surface area (Å²) in [5, 5.41) is 0. The van der Waals surface area contributed by atoms with Gasteiger partial charge in [0.1, 0.15) is 0 Å². The Morgan fingerprint density at radius 3 is 1.70 bits per heavy atom. The maximum absolute atomic E-state index is 5.93. The summed E-state index contributed by atoms with van der Waals surface area (Å²) in [6, 6.07) is 31.9. The molecule has 0 atom stereocenters. The summed E-state index contributed by atoms with van der Waals surface area (Å²) in [5.74, 6) is 0. The minimum atomic E-state index is 0.448. The largest absolute Gasteiger partial charge is 0.381 e. The van der Waals surface area contributed by atoms with Crippen molar-refractivity contribution in [1.29, 1.82) is 0 Å². The van der Waals surface area contributed by atoms with Crippen LogP contribution in [0.15, 0.2) is 101 Å². The Kier molecular flexibility index (Phi) is 8.85. The molecule has 140 valence electrons. The molecule has 0 heterocycles. The fourth-order valence-corrected chi connectivity index (χ4v) is 5.27. The maximum atomic E-state index is 5.93. The Hall–Kier alpha value is -1.68. The number of hydrogen-bond donors (Lipinski definition) is 0. The van der Waals surface area contributed by atoms with Crippen LogP contribution in [0, 0.1) is 0 Å². The van der Waals surface area contributed by atoms with Crippen molar-refractivity contribution in [2.75, 3.05) is 13.2 Å². The SMILES string of the molecule is c1ccc(CCCOCCC(Sc2ccccc2)Sc2ccccc2)cc1. The van der Waals surface area contributed by atoms with Crippen LogP contribution in [0.25, 0.3) is 0 Å². The van der Waals surface area contributed by atoms with E-state index in [0.29, 0.717) is 4.58 Å². The van der Waals surface area contributed by atoms with Crippen LogP contribution in [0.5, 0.6) is 0 Å². The molecule has 3 aromatic rings. The molecule has 0 spiro atoms. The predicted octanol–water partition coefficient (Wildman–Crippen LogP) is 6.94. The molecule has 3 rings (SSSR count). The topological polar surface area (TPSA) is 9.23 Å². The Bertz CT molecular complexity index is 706. The van der Waals surface area contributed by atoms with Gasteiger partial charge in [-0.3, -0.25) is 0 Å². The van der Waals surface area contributed by atoms with Crippen molar-refractivity contribution in [3.05, 3.63) is 96.6 Å².